The predicted octanol–water partition coefficient (Wildman–Crippen LogP) is 3.83. The molecule has 84 valence electrons. The molecule has 15 heavy (non-hydrogen) atoms. The van der Waals surface area contributed by atoms with E-state index in [2.05, 4.69) is 38.1 Å². The molecular formula is C14H23N. The van der Waals surface area contributed by atoms with E-state index in [-0.39, 0.29) is 6.04 Å². The van der Waals surface area contributed by atoms with Crippen LogP contribution >= 0.6 is 0 Å². The summed E-state index contributed by atoms with van der Waals surface area (Å²) >= 11 is 0. The van der Waals surface area contributed by atoms with Crippen molar-refractivity contribution in [2.75, 3.05) is 0 Å². The average Bonchev–Trinajstić information content (AvgIpc) is 2.29. The Kier molecular flexibility index (Phi) is 5.41. The number of hydrogen-bond donors (Lipinski definition) is 1. The second-order valence-electron chi connectivity index (χ2n) is 4.20. The Hall–Kier alpha value is -0.820. The minimum atomic E-state index is 0.224. The first-order chi connectivity index (χ1) is 7.27. The molecule has 1 rings (SSSR count). The van der Waals surface area contributed by atoms with Gasteiger partial charge in [0.2, 0.25) is 0 Å². The minimum Gasteiger partial charge on any atom is -0.324 e. The van der Waals surface area contributed by atoms with Gasteiger partial charge >= 0.3 is 0 Å². The van der Waals surface area contributed by atoms with Gasteiger partial charge in [-0.2, -0.15) is 0 Å². The fraction of sp³-hybridized carbons (Fsp3) is 0.571. The smallest absolute Gasteiger partial charge is 0.0294 e. The lowest BCUT2D eigenvalue weighted by Gasteiger charge is -2.12. The zero-order valence-corrected chi connectivity index (χ0v) is 10.00. The van der Waals surface area contributed by atoms with Gasteiger partial charge in [0.1, 0.15) is 0 Å². The number of rotatable bonds is 6. The highest BCUT2D eigenvalue weighted by atomic mass is 14.6. The Bertz CT molecular complexity index is 263. The highest BCUT2D eigenvalue weighted by Crippen LogP contribution is 2.17. The normalized spacial score (nSPS) is 12.7. The van der Waals surface area contributed by atoms with E-state index in [1.165, 1.54) is 30.4 Å². The second kappa shape index (κ2) is 6.62. The molecule has 1 heteroatoms. The van der Waals surface area contributed by atoms with E-state index in [1.807, 2.05) is 0 Å². The monoisotopic (exact) mass is 205 g/mol. The van der Waals surface area contributed by atoms with Gasteiger partial charge in [-0.25, -0.2) is 0 Å². The van der Waals surface area contributed by atoms with Gasteiger partial charge in [-0.3, -0.25) is 0 Å². The van der Waals surface area contributed by atoms with Crippen molar-refractivity contribution in [1.29, 1.82) is 0 Å². The highest BCUT2D eigenvalue weighted by molar-refractivity contribution is 5.24. The number of benzene rings is 1. The number of unbranched alkanes of at least 4 members (excludes halogenated alkanes) is 2. The molecule has 1 nitrogen and oxygen atoms in total. The van der Waals surface area contributed by atoms with Gasteiger partial charge in [0, 0.05) is 6.04 Å². The van der Waals surface area contributed by atoms with E-state index < -0.39 is 0 Å². The minimum absolute atomic E-state index is 0.224. The maximum atomic E-state index is 6.13. The van der Waals surface area contributed by atoms with Crippen LogP contribution in [0.15, 0.2) is 24.3 Å². The largest absolute Gasteiger partial charge is 0.324 e. The van der Waals surface area contributed by atoms with E-state index in [0.29, 0.717) is 0 Å². The van der Waals surface area contributed by atoms with Gasteiger partial charge < -0.3 is 5.73 Å². The molecule has 0 aliphatic carbocycles. The van der Waals surface area contributed by atoms with Crippen molar-refractivity contribution >= 4 is 0 Å². The van der Waals surface area contributed by atoms with Crippen molar-refractivity contribution in [3.05, 3.63) is 35.4 Å². The quantitative estimate of drug-likeness (QED) is 0.702. The molecule has 0 aliphatic heterocycles. The third-order valence-corrected chi connectivity index (χ3v) is 2.93. The summed E-state index contributed by atoms with van der Waals surface area (Å²) in [6.45, 7) is 4.40. The van der Waals surface area contributed by atoms with Crippen molar-refractivity contribution in [2.24, 2.45) is 5.73 Å². The third-order valence-electron chi connectivity index (χ3n) is 2.93. The van der Waals surface area contributed by atoms with Gasteiger partial charge in [0.15, 0.2) is 0 Å². The molecule has 0 aromatic heterocycles. The molecule has 0 aliphatic rings. The summed E-state index contributed by atoms with van der Waals surface area (Å²) in [6, 6.07) is 8.96. The molecule has 0 fully saturated rings. The molecule has 0 bridgehead atoms. The first-order valence-corrected chi connectivity index (χ1v) is 6.12. The molecule has 1 atom stereocenters. The van der Waals surface area contributed by atoms with E-state index in [0.717, 1.165) is 12.8 Å². The molecule has 1 aromatic rings. The number of aryl methyl sites for hydroxylation is 1. The SMILES string of the molecule is CCCCC[C@@H](N)c1ccc(CC)cc1. The van der Waals surface area contributed by atoms with Crippen LogP contribution in [0.3, 0.4) is 0 Å². The Morgan fingerprint density at radius 2 is 1.73 bits per heavy atom. The molecule has 0 radical (unpaired) electrons. The van der Waals surface area contributed by atoms with Gasteiger partial charge in [-0.1, -0.05) is 57.4 Å². The van der Waals surface area contributed by atoms with Gasteiger partial charge in [0.05, 0.1) is 0 Å². The fourth-order valence-corrected chi connectivity index (χ4v) is 1.78. The Balaban J connectivity index is 2.46. The van der Waals surface area contributed by atoms with Crippen LogP contribution in [0.5, 0.6) is 0 Å². The van der Waals surface area contributed by atoms with Crippen LogP contribution in [0, 0.1) is 0 Å². The zero-order chi connectivity index (χ0) is 11.1. The van der Waals surface area contributed by atoms with Gasteiger partial charge in [-0.15, -0.1) is 0 Å². The Morgan fingerprint density at radius 3 is 2.27 bits per heavy atom. The van der Waals surface area contributed by atoms with E-state index in [1.54, 1.807) is 0 Å². The van der Waals surface area contributed by atoms with E-state index in [4.69, 9.17) is 5.73 Å². The lowest BCUT2D eigenvalue weighted by molar-refractivity contribution is 0.581. The van der Waals surface area contributed by atoms with Crippen LogP contribution in [0.1, 0.15) is 56.7 Å². The summed E-state index contributed by atoms with van der Waals surface area (Å²) in [7, 11) is 0. The van der Waals surface area contributed by atoms with Crippen molar-refractivity contribution in [3.8, 4) is 0 Å². The molecule has 2 N–H and O–H groups in total. The molecule has 1 aromatic carbocycles. The van der Waals surface area contributed by atoms with Crippen LogP contribution in [0.2, 0.25) is 0 Å². The van der Waals surface area contributed by atoms with Crippen LogP contribution in [0.4, 0.5) is 0 Å². The van der Waals surface area contributed by atoms with Gasteiger partial charge in [0.25, 0.3) is 0 Å². The molecule has 0 spiro atoms. The second-order valence-corrected chi connectivity index (χ2v) is 4.20. The highest BCUT2D eigenvalue weighted by Gasteiger charge is 2.04. The standard InChI is InChI=1S/C14H23N/c1-3-5-6-7-14(15)13-10-8-12(4-2)9-11-13/h8-11,14H,3-7,15H2,1-2H3/t14-/m1/s1. The topological polar surface area (TPSA) is 26.0 Å². The Morgan fingerprint density at radius 1 is 1.07 bits per heavy atom. The van der Waals surface area contributed by atoms with E-state index >= 15 is 0 Å². The third kappa shape index (κ3) is 4.05. The van der Waals surface area contributed by atoms with Crippen LogP contribution < -0.4 is 5.73 Å². The van der Waals surface area contributed by atoms with Crippen molar-refractivity contribution in [1.82, 2.24) is 0 Å². The molecule has 0 saturated carbocycles. The maximum absolute atomic E-state index is 6.13. The first kappa shape index (κ1) is 12.3. The summed E-state index contributed by atoms with van der Waals surface area (Å²) in [6.07, 6.45) is 6.01. The molecule has 0 amide bonds. The fourth-order valence-electron chi connectivity index (χ4n) is 1.78. The van der Waals surface area contributed by atoms with Gasteiger partial charge in [-0.05, 0) is 24.0 Å². The summed E-state index contributed by atoms with van der Waals surface area (Å²) in [5.41, 5.74) is 8.80. The first-order valence-electron chi connectivity index (χ1n) is 6.12. The maximum Gasteiger partial charge on any atom is 0.0294 e. The lowest BCUT2D eigenvalue weighted by atomic mass is 10.00. The molecule has 0 unspecified atom stereocenters. The van der Waals surface area contributed by atoms with Crippen LogP contribution in [-0.2, 0) is 6.42 Å². The summed E-state index contributed by atoms with van der Waals surface area (Å²) in [4.78, 5) is 0. The molecular weight excluding hydrogens is 182 g/mol. The van der Waals surface area contributed by atoms with E-state index in [9.17, 15) is 0 Å². The van der Waals surface area contributed by atoms with Crippen molar-refractivity contribution in [3.63, 3.8) is 0 Å². The average molecular weight is 205 g/mol. The predicted molar refractivity (Wildman–Crippen MR) is 66.9 cm³/mol. The summed E-state index contributed by atoms with van der Waals surface area (Å²) < 4.78 is 0. The molecule has 0 heterocycles. The number of nitrogens with two attached hydrogens (primary N) is 1. The van der Waals surface area contributed by atoms with Crippen molar-refractivity contribution < 1.29 is 0 Å². The zero-order valence-electron chi connectivity index (χ0n) is 10.00. The van der Waals surface area contributed by atoms with Crippen LogP contribution in [0.25, 0.3) is 0 Å². The summed E-state index contributed by atoms with van der Waals surface area (Å²) in [5.74, 6) is 0. The van der Waals surface area contributed by atoms with Crippen molar-refractivity contribution in [2.45, 2.75) is 52.0 Å². The lowest BCUT2D eigenvalue weighted by Crippen LogP contribution is -2.09. The van der Waals surface area contributed by atoms with Crippen LogP contribution in [-0.4, -0.2) is 0 Å². The Labute approximate surface area is 93.7 Å². The summed E-state index contributed by atoms with van der Waals surface area (Å²) in [5, 5.41) is 0. The number of hydrogen-bond acceptors (Lipinski definition) is 1. The molecule has 0 saturated heterocycles.